The minimum absolute atomic E-state index is 0.0708. The maximum Gasteiger partial charge on any atom is 0.129 e. The van der Waals surface area contributed by atoms with Crippen LogP contribution in [-0.4, -0.2) is 10.1 Å². The highest BCUT2D eigenvalue weighted by Crippen LogP contribution is 2.24. The molecule has 2 N–H and O–H groups in total. The summed E-state index contributed by atoms with van der Waals surface area (Å²) in [5.41, 5.74) is 3.11. The molecule has 0 spiro atoms. The normalized spacial score (nSPS) is 10.8. The molecule has 3 rings (SSSR count). The standard InChI is InChI=1S/C16H16N2O2S/c1-11-18-16(10-21-11)12-3-2-4-13(7-12)17-8-14-5-6-15(9-19)20-14/h2-7,10,17,19H,8-9H2,1H3. The van der Waals surface area contributed by atoms with Crippen molar-refractivity contribution in [2.24, 2.45) is 0 Å². The van der Waals surface area contributed by atoms with E-state index in [2.05, 4.69) is 27.8 Å². The van der Waals surface area contributed by atoms with Gasteiger partial charge in [-0.05, 0) is 31.2 Å². The van der Waals surface area contributed by atoms with Crippen LogP contribution in [0.2, 0.25) is 0 Å². The third kappa shape index (κ3) is 3.32. The van der Waals surface area contributed by atoms with Crippen LogP contribution >= 0.6 is 11.3 Å². The van der Waals surface area contributed by atoms with E-state index in [4.69, 9.17) is 9.52 Å². The third-order valence-corrected chi connectivity index (χ3v) is 3.89. The molecule has 0 radical (unpaired) electrons. The molecule has 0 aliphatic heterocycles. The van der Waals surface area contributed by atoms with Crippen LogP contribution < -0.4 is 5.32 Å². The van der Waals surface area contributed by atoms with Crippen molar-refractivity contribution in [3.63, 3.8) is 0 Å². The average molecular weight is 300 g/mol. The molecule has 0 amide bonds. The topological polar surface area (TPSA) is 58.3 Å². The van der Waals surface area contributed by atoms with Gasteiger partial charge in [-0.2, -0.15) is 0 Å². The number of nitrogens with one attached hydrogen (secondary N) is 1. The van der Waals surface area contributed by atoms with E-state index in [1.807, 2.05) is 25.1 Å². The molecule has 0 fully saturated rings. The molecular weight excluding hydrogens is 284 g/mol. The van der Waals surface area contributed by atoms with Crippen LogP contribution in [0.25, 0.3) is 11.3 Å². The smallest absolute Gasteiger partial charge is 0.129 e. The van der Waals surface area contributed by atoms with Crippen LogP contribution in [0.4, 0.5) is 5.69 Å². The second-order valence-corrected chi connectivity index (χ2v) is 5.77. The van der Waals surface area contributed by atoms with E-state index in [9.17, 15) is 0 Å². The van der Waals surface area contributed by atoms with Gasteiger partial charge in [0, 0.05) is 16.6 Å². The lowest BCUT2D eigenvalue weighted by Crippen LogP contribution is -1.98. The first kappa shape index (κ1) is 13.9. The van der Waals surface area contributed by atoms with Crippen LogP contribution in [0.5, 0.6) is 0 Å². The second kappa shape index (κ2) is 6.11. The first-order chi connectivity index (χ1) is 10.2. The van der Waals surface area contributed by atoms with Crippen LogP contribution in [0, 0.1) is 6.92 Å². The number of aliphatic hydroxyl groups excluding tert-OH is 1. The van der Waals surface area contributed by atoms with E-state index in [0.29, 0.717) is 12.3 Å². The van der Waals surface area contributed by atoms with Crippen molar-refractivity contribution in [3.8, 4) is 11.3 Å². The Morgan fingerprint density at radius 3 is 2.81 bits per heavy atom. The summed E-state index contributed by atoms with van der Waals surface area (Å²) in [6.45, 7) is 2.52. The zero-order valence-corrected chi connectivity index (χ0v) is 12.5. The molecule has 0 atom stereocenters. The zero-order chi connectivity index (χ0) is 14.7. The molecule has 108 valence electrons. The lowest BCUT2D eigenvalue weighted by molar-refractivity contribution is 0.244. The molecular formula is C16H16N2O2S. The minimum Gasteiger partial charge on any atom is -0.462 e. The van der Waals surface area contributed by atoms with Crippen molar-refractivity contribution >= 4 is 17.0 Å². The first-order valence-corrected chi connectivity index (χ1v) is 7.57. The number of thiazole rings is 1. The lowest BCUT2D eigenvalue weighted by atomic mass is 10.1. The van der Waals surface area contributed by atoms with Gasteiger partial charge in [-0.1, -0.05) is 12.1 Å². The zero-order valence-electron chi connectivity index (χ0n) is 11.7. The number of aromatic nitrogens is 1. The maximum absolute atomic E-state index is 8.98. The van der Waals surface area contributed by atoms with Gasteiger partial charge in [0.05, 0.1) is 17.2 Å². The Balaban J connectivity index is 1.71. The highest BCUT2D eigenvalue weighted by atomic mass is 32.1. The van der Waals surface area contributed by atoms with Gasteiger partial charge in [-0.15, -0.1) is 11.3 Å². The van der Waals surface area contributed by atoms with E-state index >= 15 is 0 Å². The van der Waals surface area contributed by atoms with Crippen LogP contribution in [0.3, 0.4) is 0 Å². The largest absolute Gasteiger partial charge is 0.462 e. The van der Waals surface area contributed by atoms with Crippen molar-refractivity contribution in [2.75, 3.05) is 5.32 Å². The Kier molecular flexibility index (Phi) is 4.03. The fraction of sp³-hybridized carbons (Fsp3) is 0.188. The van der Waals surface area contributed by atoms with E-state index in [1.165, 1.54) is 0 Å². The number of aryl methyl sites for hydroxylation is 1. The van der Waals surface area contributed by atoms with Gasteiger partial charge in [0.2, 0.25) is 0 Å². The van der Waals surface area contributed by atoms with E-state index in [-0.39, 0.29) is 6.61 Å². The highest BCUT2D eigenvalue weighted by Gasteiger charge is 2.04. The van der Waals surface area contributed by atoms with Crippen LogP contribution in [0.15, 0.2) is 46.2 Å². The Morgan fingerprint density at radius 2 is 2.10 bits per heavy atom. The third-order valence-electron chi connectivity index (χ3n) is 3.12. The summed E-state index contributed by atoms with van der Waals surface area (Å²) in [4.78, 5) is 4.50. The van der Waals surface area contributed by atoms with Crippen LogP contribution in [0.1, 0.15) is 16.5 Å². The molecule has 3 aromatic rings. The summed E-state index contributed by atoms with van der Waals surface area (Å²) < 4.78 is 5.45. The van der Waals surface area contributed by atoms with Gasteiger partial charge in [0.25, 0.3) is 0 Å². The summed E-state index contributed by atoms with van der Waals surface area (Å²) in [6, 6.07) is 11.8. The molecule has 0 saturated heterocycles. The molecule has 0 aliphatic carbocycles. The van der Waals surface area contributed by atoms with Gasteiger partial charge in [0.15, 0.2) is 0 Å². The fourth-order valence-corrected chi connectivity index (χ4v) is 2.70. The Labute approximate surface area is 127 Å². The fourth-order valence-electron chi connectivity index (χ4n) is 2.08. The molecule has 1 aromatic carbocycles. The molecule has 2 aromatic heterocycles. The molecule has 2 heterocycles. The molecule has 5 heteroatoms. The first-order valence-electron chi connectivity index (χ1n) is 6.69. The predicted molar refractivity (Wildman–Crippen MR) is 84.2 cm³/mol. The number of nitrogens with zero attached hydrogens (tertiary/aromatic N) is 1. The van der Waals surface area contributed by atoms with Gasteiger partial charge in [-0.25, -0.2) is 4.98 Å². The van der Waals surface area contributed by atoms with Gasteiger partial charge >= 0.3 is 0 Å². The summed E-state index contributed by atoms with van der Waals surface area (Å²) >= 11 is 1.65. The Morgan fingerprint density at radius 1 is 1.24 bits per heavy atom. The number of rotatable bonds is 5. The SMILES string of the molecule is Cc1nc(-c2cccc(NCc3ccc(CO)o3)c2)cs1. The lowest BCUT2D eigenvalue weighted by Gasteiger charge is -2.06. The molecule has 21 heavy (non-hydrogen) atoms. The summed E-state index contributed by atoms with van der Waals surface area (Å²) in [5, 5.41) is 15.4. The van der Waals surface area contributed by atoms with Crippen molar-refractivity contribution in [1.29, 1.82) is 0 Å². The van der Waals surface area contributed by atoms with Gasteiger partial charge in [-0.3, -0.25) is 0 Å². The number of anilines is 1. The number of benzene rings is 1. The number of hydrogen-bond acceptors (Lipinski definition) is 5. The monoisotopic (exact) mass is 300 g/mol. The molecule has 0 saturated carbocycles. The predicted octanol–water partition coefficient (Wildman–Crippen LogP) is 3.82. The Bertz CT molecular complexity index is 733. The highest BCUT2D eigenvalue weighted by molar-refractivity contribution is 7.09. The number of aliphatic hydroxyl groups is 1. The summed E-state index contributed by atoms with van der Waals surface area (Å²) in [5.74, 6) is 1.38. The number of hydrogen-bond donors (Lipinski definition) is 2. The number of furan rings is 1. The quantitative estimate of drug-likeness (QED) is 0.752. The van der Waals surface area contributed by atoms with Crippen LogP contribution in [-0.2, 0) is 13.2 Å². The summed E-state index contributed by atoms with van der Waals surface area (Å²) in [6.07, 6.45) is 0. The molecule has 0 aliphatic rings. The van der Waals surface area contributed by atoms with Crippen molar-refractivity contribution in [3.05, 3.63) is 58.3 Å². The maximum atomic E-state index is 8.98. The van der Waals surface area contributed by atoms with Gasteiger partial charge < -0.3 is 14.8 Å². The van der Waals surface area contributed by atoms with Crippen molar-refractivity contribution < 1.29 is 9.52 Å². The van der Waals surface area contributed by atoms with Crippen molar-refractivity contribution in [1.82, 2.24) is 4.98 Å². The summed E-state index contributed by atoms with van der Waals surface area (Å²) in [7, 11) is 0. The molecule has 0 bridgehead atoms. The van der Waals surface area contributed by atoms with E-state index in [1.54, 1.807) is 17.4 Å². The Hall–Kier alpha value is -2.11. The van der Waals surface area contributed by atoms with Crippen molar-refractivity contribution in [2.45, 2.75) is 20.1 Å². The van der Waals surface area contributed by atoms with E-state index in [0.717, 1.165) is 27.7 Å². The van der Waals surface area contributed by atoms with Gasteiger partial charge in [0.1, 0.15) is 18.1 Å². The van der Waals surface area contributed by atoms with E-state index < -0.39 is 0 Å². The average Bonchev–Trinajstić information content (AvgIpc) is 3.14. The second-order valence-electron chi connectivity index (χ2n) is 4.71. The molecule has 4 nitrogen and oxygen atoms in total. The minimum atomic E-state index is -0.0708. The molecule has 0 unspecified atom stereocenters.